The number of benzene rings is 1. The van der Waals surface area contributed by atoms with Crippen LogP contribution in [0.2, 0.25) is 0 Å². The maximum Gasteiger partial charge on any atom is 0.272 e. The number of halogens is 1. The van der Waals surface area contributed by atoms with Crippen LogP contribution in [0.5, 0.6) is 0 Å². The van der Waals surface area contributed by atoms with Crippen LogP contribution in [0.3, 0.4) is 0 Å². The Labute approximate surface area is 101 Å². The van der Waals surface area contributed by atoms with Gasteiger partial charge in [0.05, 0.1) is 0 Å². The summed E-state index contributed by atoms with van der Waals surface area (Å²) in [4.78, 5) is 11.7. The third-order valence-electron chi connectivity index (χ3n) is 3.31. The van der Waals surface area contributed by atoms with Gasteiger partial charge in [-0.1, -0.05) is 19.3 Å². The van der Waals surface area contributed by atoms with Gasteiger partial charge in [0.25, 0.3) is 5.91 Å². The minimum absolute atomic E-state index is 0.226. The molecule has 0 aromatic heterocycles. The highest BCUT2D eigenvalue weighted by Gasteiger charge is 2.15. The summed E-state index contributed by atoms with van der Waals surface area (Å²) in [6.45, 7) is 0.621. The Balaban J connectivity index is 1.82. The molecule has 0 N–H and O–H groups in total. The first-order valence-electron chi connectivity index (χ1n) is 6.23. The van der Waals surface area contributed by atoms with Gasteiger partial charge in [-0.05, 0) is 43.0 Å². The Morgan fingerprint density at radius 3 is 2.47 bits per heavy atom. The summed E-state index contributed by atoms with van der Waals surface area (Å²) >= 11 is 0. The number of carbonyl (C=O) groups is 1. The van der Waals surface area contributed by atoms with Gasteiger partial charge < -0.3 is 0 Å². The standard InChI is InChI=1S/C14H17FNO/c15-13-8-6-12(7-9-13)14(17)16-10-11-4-2-1-3-5-11/h6-9,11H,1-5,10H2. The third kappa shape index (κ3) is 3.55. The number of carbonyl (C=O) groups excluding carboxylic acids is 1. The minimum atomic E-state index is -0.325. The highest BCUT2D eigenvalue weighted by Crippen LogP contribution is 2.23. The molecule has 1 fully saturated rings. The second-order valence-electron chi connectivity index (χ2n) is 4.66. The zero-order chi connectivity index (χ0) is 12.1. The summed E-state index contributed by atoms with van der Waals surface area (Å²) in [5.74, 6) is 0.0116. The molecule has 0 aliphatic heterocycles. The van der Waals surface area contributed by atoms with Crippen molar-refractivity contribution in [2.45, 2.75) is 32.1 Å². The fourth-order valence-corrected chi connectivity index (χ4v) is 2.27. The second-order valence-corrected chi connectivity index (χ2v) is 4.66. The van der Waals surface area contributed by atoms with Gasteiger partial charge >= 0.3 is 0 Å². The molecule has 0 heterocycles. The van der Waals surface area contributed by atoms with E-state index in [0.29, 0.717) is 18.0 Å². The Bertz CT molecular complexity index is 368. The molecule has 1 radical (unpaired) electrons. The van der Waals surface area contributed by atoms with Crippen LogP contribution in [0, 0.1) is 11.7 Å². The third-order valence-corrected chi connectivity index (χ3v) is 3.31. The Morgan fingerprint density at radius 2 is 1.82 bits per heavy atom. The predicted molar refractivity (Wildman–Crippen MR) is 64.3 cm³/mol. The van der Waals surface area contributed by atoms with Crippen molar-refractivity contribution in [2.75, 3.05) is 6.54 Å². The molecule has 1 saturated carbocycles. The Morgan fingerprint density at radius 1 is 1.18 bits per heavy atom. The van der Waals surface area contributed by atoms with Crippen molar-refractivity contribution in [3.8, 4) is 0 Å². The molecule has 0 saturated heterocycles. The largest absolute Gasteiger partial charge is 0.272 e. The average molecular weight is 234 g/mol. The van der Waals surface area contributed by atoms with Crippen molar-refractivity contribution in [3.63, 3.8) is 0 Å². The van der Waals surface area contributed by atoms with Crippen LogP contribution in [-0.4, -0.2) is 12.5 Å². The summed E-state index contributed by atoms with van der Waals surface area (Å²) < 4.78 is 12.7. The minimum Gasteiger partial charge on any atom is -0.267 e. The lowest BCUT2D eigenvalue weighted by Gasteiger charge is -2.20. The maximum atomic E-state index is 12.7. The fraction of sp³-hybridized carbons (Fsp3) is 0.500. The molecule has 91 valence electrons. The van der Waals surface area contributed by atoms with Gasteiger partial charge in [-0.3, -0.25) is 4.79 Å². The molecule has 0 bridgehead atoms. The normalized spacial score (nSPS) is 16.8. The van der Waals surface area contributed by atoms with Crippen molar-refractivity contribution >= 4 is 5.91 Å². The van der Waals surface area contributed by atoms with Crippen molar-refractivity contribution in [3.05, 3.63) is 35.6 Å². The number of amides is 1. The maximum absolute atomic E-state index is 12.7. The van der Waals surface area contributed by atoms with Crippen molar-refractivity contribution in [1.82, 2.24) is 5.32 Å². The summed E-state index contributed by atoms with van der Waals surface area (Å²) in [6, 6.07) is 5.57. The van der Waals surface area contributed by atoms with E-state index in [9.17, 15) is 9.18 Å². The first-order chi connectivity index (χ1) is 8.25. The Kier molecular flexibility index (Phi) is 4.13. The van der Waals surface area contributed by atoms with Crippen molar-refractivity contribution in [1.29, 1.82) is 0 Å². The summed E-state index contributed by atoms with van der Waals surface area (Å²) in [7, 11) is 0. The van der Waals surface area contributed by atoms with Crippen LogP contribution in [-0.2, 0) is 0 Å². The summed E-state index contributed by atoms with van der Waals surface area (Å²) in [6.07, 6.45) is 6.18. The molecular formula is C14H17FNO. The van der Waals surface area contributed by atoms with Crippen LogP contribution in [0.15, 0.2) is 24.3 Å². The van der Waals surface area contributed by atoms with Crippen LogP contribution in [0.25, 0.3) is 0 Å². The average Bonchev–Trinajstić information content (AvgIpc) is 2.38. The molecule has 1 amide bonds. The monoisotopic (exact) mass is 234 g/mol. The van der Waals surface area contributed by atoms with Crippen molar-refractivity contribution in [2.24, 2.45) is 5.92 Å². The number of nitrogens with zero attached hydrogens (tertiary/aromatic N) is 1. The first kappa shape index (κ1) is 12.1. The molecule has 0 spiro atoms. The lowest BCUT2D eigenvalue weighted by atomic mass is 9.89. The molecule has 0 atom stereocenters. The molecule has 1 aromatic rings. The zero-order valence-electron chi connectivity index (χ0n) is 9.86. The van der Waals surface area contributed by atoms with E-state index < -0.39 is 0 Å². The van der Waals surface area contributed by atoms with Gasteiger partial charge in [-0.25, -0.2) is 9.71 Å². The van der Waals surface area contributed by atoms with Crippen LogP contribution < -0.4 is 5.32 Å². The second kappa shape index (κ2) is 5.80. The molecule has 2 nitrogen and oxygen atoms in total. The van der Waals surface area contributed by atoms with E-state index in [-0.39, 0.29) is 11.7 Å². The molecule has 1 aromatic carbocycles. The van der Waals surface area contributed by atoms with Gasteiger partial charge in [0, 0.05) is 12.1 Å². The van der Waals surface area contributed by atoms with E-state index in [1.165, 1.54) is 56.4 Å². The van der Waals surface area contributed by atoms with E-state index in [2.05, 4.69) is 5.32 Å². The van der Waals surface area contributed by atoms with E-state index in [1.807, 2.05) is 0 Å². The molecule has 17 heavy (non-hydrogen) atoms. The van der Waals surface area contributed by atoms with E-state index in [0.717, 1.165) is 0 Å². The van der Waals surface area contributed by atoms with Gasteiger partial charge in [0.15, 0.2) is 0 Å². The summed E-state index contributed by atoms with van der Waals surface area (Å²) in [5.41, 5.74) is 0.474. The number of rotatable bonds is 3. The van der Waals surface area contributed by atoms with Crippen LogP contribution in [0.4, 0.5) is 4.39 Å². The zero-order valence-corrected chi connectivity index (χ0v) is 9.86. The van der Waals surface area contributed by atoms with E-state index in [4.69, 9.17) is 0 Å². The van der Waals surface area contributed by atoms with Crippen molar-refractivity contribution < 1.29 is 9.18 Å². The molecule has 2 rings (SSSR count). The van der Waals surface area contributed by atoms with Gasteiger partial charge in [-0.15, -0.1) is 0 Å². The van der Waals surface area contributed by atoms with Gasteiger partial charge in [0.2, 0.25) is 0 Å². The molecule has 3 heteroatoms. The van der Waals surface area contributed by atoms with Gasteiger partial charge in [-0.2, -0.15) is 0 Å². The number of hydrogen-bond acceptors (Lipinski definition) is 1. The predicted octanol–water partition coefficient (Wildman–Crippen LogP) is 3.15. The lowest BCUT2D eigenvalue weighted by molar-refractivity contribution is 0.0938. The van der Waals surface area contributed by atoms with Gasteiger partial charge in [0.1, 0.15) is 5.82 Å². The highest BCUT2D eigenvalue weighted by molar-refractivity contribution is 5.93. The fourth-order valence-electron chi connectivity index (χ4n) is 2.27. The van der Waals surface area contributed by atoms with E-state index in [1.54, 1.807) is 0 Å². The number of hydrogen-bond donors (Lipinski definition) is 0. The lowest BCUT2D eigenvalue weighted by Crippen LogP contribution is -2.24. The van der Waals surface area contributed by atoms with Crippen LogP contribution >= 0.6 is 0 Å². The van der Waals surface area contributed by atoms with Crippen LogP contribution in [0.1, 0.15) is 42.5 Å². The molecular weight excluding hydrogens is 217 g/mol. The van der Waals surface area contributed by atoms with E-state index >= 15 is 0 Å². The SMILES string of the molecule is O=C([N]CC1CCCCC1)c1ccc(F)cc1. The molecule has 1 aliphatic carbocycles. The quantitative estimate of drug-likeness (QED) is 0.790. The Hall–Kier alpha value is -1.38. The topological polar surface area (TPSA) is 31.2 Å². The summed E-state index contributed by atoms with van der Waals surface area (Å²) in [5, 5.41) is 4.09. The smallest absolute Gasteiger partial charge is 0.267 e. The first-order valence-corrected chi connectivity index (χ1v) is 6.23. The molecule has 0 unspecified atom stereocenters. The highest BCUT2D eigenvalue weighted by atomic mass is 19.1. The molecule has 1 aliphatic rings.